The first kappa shape index (κ1) is 17.8. The second kappa shape index (κ2) is 7.29. The number of aromatic nitrogens is 2. The van der Waals surface area contributed by atoms with Crippen molar-refractivity contribution in [2.24, 2.45) is 5.41 Å². The van der Waals surface area contributed by atoms with Crippen LogP contribution < -0.4 is 15.4 Å². The Morgan fingerprint density at radius 2 is 1.76 bits per heavy atom. The smallest absolute Gasteiger partial charge is 0.139 e. The van der Waals surface area contributed by atoms with Gasteiger partial charge in [-0.05, 0) is 54.7 Å². The van der Waals surface area contributed by atoms with Crippen LogP contribution in [-0.2, 0) is 0 Å². The summed E-state index contributed by atoms with van der Waals surface area (Å²) in [5.41, 5.74) is 2.42. The molecule has 0 unspecified atom stereocenters. The fourth-order valence-electron chi connectivity index (χ4n) is 4.15. The Balaban J connectivity index is 1.29. The standard InChI is InChI=1S/C23H23N5O/c24-21(16-6-8-19(9-7-16)29-18-4-2-1-3-5-18)20-12-25-15-27-22(20)28-17-10-23(11-17)13-26-14-23/h1-9,12,15,17,24,26H,10-11,13-14H2,(H,25,27,28). The van der Waals surface area contributed by atoms with Crippen molar-refractivity contribution in [3.05, 3.63) is 78.2 Å². The molecule has 2 heterocycles. The first-order valence-electron chi connectivity index (χ1n) is 9.90. The number of hydrogen-bond acceptors (Lipinski definition) is 6. The first-order valence-corrected chi connectivity index (χ1v) is 9.90. The van der Waals surface area contributed by atoms with E-state index in [1.165, 1.54) is 6.33 Å². The summed E-state index contributed by atoms with van der Waals surface area (Å²) in [6.07, 6.45) is 5.56. The lowest BCUT2D eigenvalue weighted by Gasteiger charge is -2.54. The van der Waals surface area contributed by atoms with Gasteiger partial charge in [0.25, 0.3) is 0 Å². The second-order valence-electron chi connectivity index (χ2n) is 7.95. The number of rotatable bonds is 6. The van der Waals surface area contributed by atoms with E-state index in [0.29, 0.717) is 17.2 Å². The Labute approximate surface area is 169 Å². The molecule has 0 radical (unpaired) electrons. The number of para-hydroxylation sites is 1. The molecule has 146 valence electrons. The summed E-state index contributed by atoms with van der Waals surface area (Å²) in [5.74, 6) is 2.27. The van der Waals surface area contributed by atoms with E-state index in [-0.39, 0.29) is 0 Å². The summed E-state index contributed by atoms with van der Waals surface area (Å²) >= 11 is 0. The predicted molar refractivity (Wildman–Crippen MR) is 113 cm³/mol. The van der Waals surface area contributed by atoms with Crippen molar-refractivity contribution >= 4 is 11.5 Å². The van der Waals surface area contributed by atoms with Crippen LogP contribution >= 0.6 is 0 Å². The van der Waals surface area contributed by atoms with Gasteiger partial charge in [0, 0.05) is 30.9 Å². The summed E-state index contributed by atoms with van der Waals surface area (Å²) in [6, 6.07) is 17.6. The maximum Gasteiger partial charge on any atom is 0.139 e. The van der Waals surface area contributed by atoms with Crippen molar-refractivity contribution in [2.75, 3.05) is 18.4 Å². The van der Waals surface area contributed by atoms with Gasteiger partial charge in [-0.1, -0.05) is 18.2 Å². The van der Waals surface area contributed by atoms with Crippen LogP contribution in [0.2, 0.25) is 0 Å². The van der Waals surface area contributed by atoms with E-state index >= 15 is 0 Å². The lowest BCUT2D eigenvalue weighted by atomic mass is 9.61. The molecule has 29 heavy (non-hydrogen) atoms. The molecule has 3 N–H and O–H groups in total. The van der Waals surface area contributed by atoms with Crippen molar-refractivity contribution in [3.8, 4) is 11.5 Å². The maximum absolute atomic E-state index is 8.68. The van der Waals surface area contributed by atoms with Gasteiger partial charge < -0.3 is 15.4 Å². The number of nitrogens with one attached hydrogen (secondary N) is 3. The molecule has 1 aromatic heterocycles. The zero-order chi connectivity index (χ0) is 19.7. The molecule has 0 bridgehead atoms. The lowest BCUT2D eigenvalue weighted by Crippen LogP contribution is -2.63. The SMILES string of the molecule is N=C(c1ccc(Oc2ccccc2)cc1)c1cncnc1NC1CC2(CNC2)C1. The molecule has 1 spiro atoms. The third kappa shape index (κ3) is 3.59. The Bertz CT molecular complexity index is 1010. The van der Waals surface area contributed by atoms with Crippen LogP contribution in [0.5, 0.6) is 11.5 Å². The van der Waals surface area contributed by atoms with Gasteiger partial charge in [-0.15, -0.1) is 0 Å². The molecule has 6 nitrogen and oxygen atoms in total. The third-order valence-corrected chi connectivity index (χ3v) is 5.80. The number of benzene rings is 2. The fraction of sp³-hybridized carbons (Fsp3) is 0.261. The Morgan fingerprint density at radius 1 is 1.03 bits per heavy atom. The normalized spacial score (nSPS) is 17.2. The minimum absolute atomic E-state index is 0.402. The van der Waals surface area contributed by atoms with Crippen LogP contribution in [0.1, 0.15) is 24.0 Å². The number of anilines is 1. The van der Waals surface area contributed by atoms with Crippen LogP contribution in [-0.4, -0.2) is 34.8 Å². The first-order chi connectivity index (χ1) is 14.2. The van der Waals surface area contributed by atoms with E-state index in [1.807, 2.05) is 54.6 Å². The Kier molecular flexibility index (Phi) is 4.48. The van der Waals surface area contributed by atoms with Gasteiger partial charge in [-0.3, -0.25) is 5.41 Å². The highest BCUT2D eigenvalue weighted by atomic mass is 16.5. The molecule has 1 aliphatic heterocycles. The molecular weight excluding hydrogens is 362 g/mol. The average molecular weight is 385 g/mol. The Morgan fingerprint density at radius 3 is 2.45 bits per heavy atom. The average Bonchev–Trinajstić information content (AvgIpc) is 2.70. The highest BCUT2D eigenvalue weighted by molar-refractivity contribution is 6.13. The topological polar surface area (TPSA) is 82.9 Å². The van der Waals surface area contributed by atoms with Crippen LogP contribution in [0, 0.1) is 10.8 Å². The molecule has 1 saturated carbocycles. The van der Waals surface area contributed by atoms with Crippen molar-refractivity contribution in [2.45, 2.75) is 18.9 Å². The summed E-state index contributed by atoms with van der Waals surface area (Å²) in [7, 11) is 0. The molecule has 1 saturated heterocycles. The van der Waals surface area contributed by atoms with Crippen molar-refractivity contribution in [1.29, 1.82) is 5.41 Å². The van der Waals surface area contributed by atoms with E-state index in [9.17, 15) is 0 Å². The summed E-state index contributed by atoms with van der Waals surface area (Å²) in [4.78, 5) is 8.55. The minimum atomic E-state index is 0.402. The van der Waals surface area contributed by atoms with Crippen molar-refractivity contribution < 1.29 is 4.74 Å². The molecule has 2 fully saturated rings. The molecule has 2 aliphatic rings. The summed E-state index contributed by atoms with van der Waals surface area (Å²) in [6.45, 7) is 2.24. The van der Waals surface area contributed by atoms with Gasteiger partial charge in [0.2, 0.25) is 0 Å². The fourth-order valence-corrected chi connectivity index (χ4v) is 4.15. The van der Waals surface area contributed by atoms with Crippen LogP contribution in [0.25, 0.3) is 0 Å². The van der Waals surface area contributed by atoms with Crippen LogP contribution in [0.4, 0.5) is 5.82 Å². The van der Waals surface area contributed by atoms with Crippen molar-refractivity contribution in [1.82, 2.24) is 15.3 Å². The van der Waals surface area contributed by atoms with Crippen molar-refractivity contribution in [3.63, 3.8) is 0 Å². The van der Waals surface area contributed by atoms with Crippen LogP contribution in [0.3, 0.4) is 0 Å². The molecule has 5 rings (SSSR count). The predicted octanol–water partition coefficient (Wildman–Crippen LogP) is 3.85. The van der Waals surface area contributed by atoms with E-state index in [4.69, 9.17) is 10.1 Å². The number of hydrogen-bond donors (Lipinski definition) is 3. The van der Waals surface area contributed by atoms with Gasteiger partial charge >= 0.3 is 0 Å². The zero-order valence-electron chi connectivity index (χ0n) is 16.1. The Hall–Kier alpha value is -3.25. The second-order valence-corrected chi connectivity index (χ2v) is 7.95. The summed E-state index contributed by atoms with van der Waals surface area (Å²) in [5, 5.41) is 15.6. The van der Waals surface area contributed by atoms with Gasteiger partial charge in [-0.2, -0.15) is 0 Å². The molecule has 0 amide bonds. The highest BCUT2D eigenvalue weighted by Gasteiger charge is 2.48. The zero-order valence-corrected chi connectivity index (χ0v) is 16.1. The van der Waals surface area contributed by atoms with Crippen LogP contribution in [0.15, 0.2) is 67.1 Å². The minimum Gasteiger partial charge on any atom is -0.457 e. The van der Waals surface area contributed by atoms with Gasteiger partial charge in [0.05, 0.1) is 11.3 Å². The van der Waals surface area contributed by atoms with E-state index in [2.05, 4.69) is 20.6 Å². The number of ether oxygens (including phenoxy) is 1. The quantitative estimate of drug-likeness (QED) is 0.562. The summed E-state index contributed by atoms with van der Waals surface area (Å²) < 4.78 is 5.84. The molecule has 1 aliphatic carbocycles. The largest absolute Gasteiger partial charge is 0.457 e. The van der Waals surface area contributed by atoms with Gasteiger partial charge in [0.15, 0.2) is 0 Å². The molecule has 0 atom stereocenters. The highest BCUT2D eigenvalue weighted by Crippen LogP contribution is 2.45. The lowest BCUT2D eigenvalue weighted by molar-refractivity contribution is 0.0469. The molecule has 3 aromatic rings. The van der Waals surface area contributed by atoms with Gasteiger partial charge in [0.1, 0.15) is 23.6 Å². The van der Waals surface area contributed by atoms with E-state index in [0.717, 1.165) is 54.4 Å². The molecular formula is C23H23N5O. The molecule has 2 aromatic carbocycles. The van der Waals surface area contributed by atoms with E-state index in [1.54, 1.807) is 6.20 Å². The van der Waals surface area contributed by atoms with E-state index < -0.39 is 0 Å². The molecule has 6 heteroatoms. The third-order valence-electron chi connectivity index (χ3n) is 5.80. The maximum atomic E-state index is 8.68. The monoisotopic (exact) mass is 385 g/mol. The number of nitrogens with zero attached hydrogens (tertiary/aromatic N) is 2. The van der Waals surface area contributed by atoms with Gasteiger partial charge in [-0.25, -0.2) is 9.97 Å².